The quantitative estimate of drug-likeness (QED) is 0.870. The van der Waals surface area contributed by atoms with Crippen molar-refractivity contribution in [1.82, 2.24) is 9.97 Å². The van der Waals surface area contributed by atoms with Crippen LogP contribution in [-0.4, -0.2) is 17.0 Å². The largest absolute Gasteiger partial charge is 0.373 e. The number of nitrogens with one attached hydrogen (secondary N) is 1. The molecule has 19 heavy (non-hydrogen) atoms. The first-order chi connectivity index (χ1) is 9.15. The van der Waals surface area contributed by atoms with Crippen LogP contribution in [0.5, 0.6) is 0 Å². The Labute approximate surface area is 114 Å². The Hall–Kier alpha value is -1.69. The third-order valence-electron chi connectivity index (χ3n) is 2.60. The van der Waals surface area contributed by atoms with Crippen molar-refractivity contribution in [2.45, 2.75) is 23.3 Å². The van der Waals surface area contributed by atoms with E-state index >= 15 is 0 Å². The lowest BCUT2D eigenvalue weighted by Crippen LogP contribution is -2.01. The molecule has 0 spiro atoms. The average Bonchev–Trinajstić information content (AvgIpc) is 2.42. The Morgan fingerprint density at radius 1 is 1.26 bits per heavy atom. The van der Waals surface area contributed by atoms with Gasteiger partial charge in [0.1, 0.15) is 28.8 Å². The molecule has 1 N–H and O–H groups in total. The number of rotatable bonds is 4. The second-order valence-corrected chi connectivity index (χ2v) is 4.82. The lowest BCUT2D eigenvalue weighted by atomic mass is 10.2. The van der Waals surface area contributed by atoms with Gasteiger partial charge in [-0.1, -0.05) is 18.7 Å². The second kappa shape index (κ2) is 5.97. The third-order valence-corrected chi connectivity index (χ3v) is 3.67. The van der Waals surface area contributed by atoms with Crippen LogP contribution >= 0.6 is 11.8 Å². The van der Waals surface area contributed by atoms with E-state index in [1.165, 1.54) is 12.4 Å². The van der Waals surface area contributed by atoms with Crippen LogP contribution in [-0.2, 0) is 6.42 Å². The lowest BCUT2D eigenvalue weighted by molar-refractivity contribution is 0.577. The van der Waals surface area contributed by atoms with E-state index < -0.39 is 11.6 Å². The molecular formula is C13H13F2N3S. The van der Waals surface area contributed by atoms with Gasteiger partial charge in [0.05, 0.1) is 4.90 Å². The van der Waals surface area contributed by atoms with Gasteiger partial charge in [0.15, 0.2) is 0 Å². The molecule has 6 heteroatoms. The van der Waals surface area contributed by atoms with Gasteiger partial charge >= 0.3 is 0 Å². The monoisotopic (exact) mass is 281 g/mol. The maximum absolute atomic E-state index is 13.6. The highest BCUT2D eigenvalue weighted by molar-refractivity contribution is 7.99. The van der Waals surface area contributed by atoms with Gasteiger partial charge in [-0.25, -0.2) is 18.7 Å². The highest BCUT2D eigenvalue weighted by Crippen LogP contribution is 2.33. The van der Waals surface area contributed by atoms with Crippen molar-refractivity contribution in [1.29, 1.82) is 0 Å². The van der Waals surface area contributed by atoms with Crippen molar-refractivity contribution in [3.63, 3.8) is 0 Å². The molecule has 0 fully saturated rings. The molecule has 1 aromatic carbocycles. The molecule has 0 unspecified atom stereocenters. The van der Waals surface area contributed by atoms with Crippen LogP contribution in [0.3, 0.4) is 0 Å². The molecule has 0 saturated heterocycles. The Bertz CT molecular complexity index is 590. The van der Waals surface area contributed by atoms with E-state index in [0.717, 1.165) is 29.5 Å². The van der Waals surface area contributed by atoms with E-state index in [4.69, 9.17) is 0 Å². The summed E-state index contributed by atoms with van der Waals surface area (Å²) < 4.78 is 26.8. The van der Waals surface area contributed by atoms with Gasteiger partial charge in [-0.05, 0) is 24.6 Å². The SMILES string of the molecule is CCc1c(NC)ncnc1Sc1cc(F)ccc1F. The second-order valence-electron chi connectivity index (χ2n) is 3.79. The normalized spacial score (nSPS) is 10.5. The van der Waals surface area contributed by atoms with Crippen molar-refractivity contribution in [3.05, 3.63) is 41.7 Å². The van der Waals surface area contributed by atoms with Crippen LogP contribution < -0.4 is 5.32 Å². The topological polar surface area (TPSA) is 37.8 Å². The first kappa shape index (κ1) is 13.7. The maximum atomic E-state index is 13.6. The van der Waals surface area contributed by atoms with Gasteiger partial charge in [-0.3, -0.25) is 0 Å². The van der Waals surface area contributed by atoms with Gasteiger partial charge in [-0.2, -0.15) is 0 Å². The molecule has 0 bridgehead atoms. The zero-order chi connectivity index (χ0) is 13.8. The Morgan fingerprint density at radius 3 is 2.74 bits per heavy atom. The summed E-state index contributed by atoms with van der Waals surface area (Å²) in [5.74, 6) is -0.222. The van der Waals surface area contributed by atoms with Crippen LogP contribution in [0.4, 0.5) is 14.6 Å². The van der Waals surface area contributed by atoms with Gasteiger partial charge in [0, 0.05) is 12.6 Å². The van der Waals surface area contributed by atoms with Gasteiger partial charge in [0.2, 0.25) is 0 Å². The fraction of sp³-hybridized carbons (Fsp3) is 0.231. The van der Waals surface area contributed by atoms with Crippen molar-refractivity contribution < 1.29 is 8.78 Å². The summed E-state index contributed by atoms with van der Waals surface area (Å²) >= 11 is 1.10. The minimum atomic E-state index is -0.468. The molecule has 2 aromatic rings. The standard InChI is InChI=1S/C13H13F2N3S/c1-3-9-12(16-2)17-7-18-13(9)19-11-6-8(14)4-5-10(11)15/h4-7H,3H2,1-2H3,(H,16,17,18). The van der Waals surface area contributed by atoms with Crippen LogP contribution in [0.2, 0.25) is 0 Å². The predicted octanol–water partition coefficient (Wildman–Crippen LogP) is 3.51. The number of nitrogens with zero attached hydrogens (tertiary/aromatic N) is 2. The van der Waals surface area contributed by atoms with E-state index in [1.54, 1.807) is 7.05 Å². The molecule has 0 aliphatic heterocycles. The Morgan fingerprint density at radius 2 is 2.05 bits per heavy atom. The van der Waals surface area contributed by atoms with Gasteiger partial charge in [-0.15, -0.1) is 0 Å². The van der Waals surface area contributed by atoms with E-state index in [-0.39, 0.29) is 4.90 Å². The predicted molar refractivity (Wildman–Crippen MR) is 71.4 cm³/mol. The number of benzene rings is 1. The molecule has 2 rings (SSSR count). The minimum Gasteiger partial charge on any atom is -0.373 e. The highest BCUT2D eigenvalue weighted by Gasteiger charge is 2.13. The molecular weight excluding hydrogens is 268 g/mol. The molecule has 0 amide bonds. The van der Waals surface area contributed by atoms with Crippen molar-refractivity contribution in [2.75, 3.05) is 12.4 Å². The lowest BCUT2D eigenvalue weighted by Gasteiger charge is -2.10. The summed E-state index contributed by atoms with van der Waals surface area (Å²) in [5.41, 5.74) is 0.888. The molecule has 100 valence electrons. The maximum Gasteiger partial charge on any atom is 0.137 e. The van der Waals surface area contributed by atoms with Crippen molar-refractivity contribution in [2.24, 2.45) is 0 Å². The summed E-state index contributed by atoms with van der Waals surface area (Å²) in [6, 6.07) is 3.38. The molecule has 1 heterocycles. The van der Waals surface area contributed by atoms with Gasteiger partial charge in [0.25, 0.3) is 0 Å². The number of hydrogen-bond donors (Lipinski definition) is 1. The van der Waals surface area contributed by atoms with Crippen LogP contribution in [0, 0.1) is 11.6 Å². The molecule has 0 atom stereocenters. The fourth-order valence-corrected chi connectivity index (χ4v) is 2.69. The first-order valence-corrected chi connectivity index (χ1v) is 6.62. The van der Waals surface area contributed by atoms with Crippen LogP contribution in [0.1, 0.15) is 12.5 Å². The summed E-state index contributed by atoms with van der Waals surface area (Å²) in [5, 5.41) is 3.60. The smallest absolute Gasteiger partial charge is 0.137 e. The van der Waals surface area contributed by atoms with E-state index in [1.807, 2.05) is 6.92 Å². The van der Waals surface area contributed by atoms with Crippen LogP contribution in [0.25, 0.3) is 0 Å². The summed E-state index contributed by atoms with van der Waals surface area (Å²) in [7, 11) is 1.76. The highest BCUT2D eigenvalue weighted by atomic mass is 32.2. The first-order valence-electron chi connectivity index (χ1n) is 5.80. The molecule has 0 aliphatic carbocycles. The van der Waals surface area contributed by atoms with Crippen molar-refractivity contribution >= 4 is 17.6 Å². The molecule has 1 aromatic heterocycles. The average molecular weight is 281 g/mol. The molecule has 3 nitrogen and oxygen atoms in total. The zero-order valence-electron chi connectivity index (χ0n) is 10.6. The zero-order valence-corrected chi connectivity index (χ0v) is 11.4. The van der Waals surface area contributed by atoms with E-state index in [0.29, 0.717) is 17.3 Å². The van der Waals surface area contributed by atoms with E-state index in [2.05, 4.69) is 15.3 Å². The molecule has 0 saturated carbocycles. The summed E-state index contributed by atoms with van der Waals surface area (Å²) in [6.07, 6.45) is 2.11. The number of hydrogen-bond acceptors (Lipinski definition) is 4. The number of halogens is 2. The fourth-order valence-electron chi connectivity index (χ4n) is 1.68. The number of anilines is 1. The Kier molecular flexibility index (Phi) is 4.31. The number of aromatic nitrogens is 2. The summed E-state index contributed by atoms with van der Waals surface area (Å²) in [4.78, 5) is 8.47. The third kappa shape index (κ3) is 3.01. The van der Waals surface area contributed by atoms with Crippen LogP contribution in [0.15, 0.2) is 34.4 Å². The van der Waals surface area contributed by atoms with Gasteiger partial charge < -0.3 is 5.32 Å². The van der Waals surface area contributed by atoms with E-state index in [9.17, 15) is 8.78 Å². The minimum absolute atomic E-state index is 0.218. The van der Waals surface area contributed by atoms with Crippen molar-refractivity contribution in [3.8, 4) is 0 Å². The Balaban J connectivity index is 2.40. The molecule has 0 radical (unpaired) electrons. The molecule has 0 aliphatic rings. The summed E-state index contributed by atoms with van der Waals surface area (Å²) in [6.45, 7) is 1.96.